The average molecular weight is 219 g/mol. The van der Waals surface area contributed by atoms with Gasteiger partial charge in [0, 0.05) is 12.6 Å². The molecule has 0 aromatic heterocycles. The topological polar surface area (TPSA) is 52.0 Å². The van der Waals surface area contributed by atoms with Crippen LogP contribution in [0, 0.1) is 0 Å². The molecule has 1 aromatic rings. The van der Waals surface area contributed by atoms with Gasteiger partial charge in [-0.05, 0) is 18.1 Å². The number of rotatable bonds is 3. The molecule has 0 bridgehead atoms. The van der Waals surface area contributed by atoms with Gasteiger partial charge in [0.1, 0.15) is 0 Å². The summed E-state index contributed by atoms with van der Waals surface area (Å²) in [6, 6.07) is 5.45. The first-order valence-corrected chi connectivity index (χ1v) is 4.79. The maximum atomic E-state index is 5.97. The summed E-state index contributed by atoms with van der Waals surface area (Å²) < 4.78 is 0. The Labute approximate surface area is 87.8 Å². The fourth-order valence-corrected chi connectivity index (χ4v) is 1.47. The Bertz CT molecular complexity index is 289. The molecular weight excluding hydrogens is 207 g/mol. The molecule has 0 saturated heterocycles. The van der Waals surface area contributed by atoms with Crippen molar-refractivity contribution in [2.75, 3.05) is 6.54 Å². The van der Waals surface area contributed by atoms with Gasteiger partial charge >= 0.3 is 0 Å². The van der Waals surface area contributed by atoms with E-state index in [1.165, 1.54) is 0 Å². The fraction of sp³-hybridized carbons (Fsp3) is 0.333. The van der Waals surface area contributed by atoms with E-state index in [2.05, 4.69) is 0 Å². The summed E-state index contributed by atoms with van der Waals surface area (Å²) in [7, 11) is 0. The molecule has 72 valence electrons. The van der Waals surface area contributed by atoms with E-state index in [1.54, 1.807) is 6.07 Å². The summed E-state index contributed by atoms with van der Waals surface area (Å²) >= 11 is 11.8. The molecule has 0 fully saturated rings. The second-order valence-corrected chi connectivity index (χ2v) is 3.70. The monoisotopic (exact) mass is 218 g/mol. The van der Waals surface area contributed by atoms with Crippen LogP contribution in [-0.4, -0.2) is 12.6 Å². The Balaban J connectivity index is 2.83. The zero-order chi connectivity index (χ0) is 9.84. The van der Waals surface area contributed by atoms with Crippen molar-refractivity contribution in [2.24, 2.45) is 11.5 Å². The van der Waals surface area contributed by atoms with Gasteiger partial charge in [-0.1, -0.05) is 35.3 Å². The summed E-state index contributed by atoms with van der Waals surface area (Å²) in [5.41, 5.74) is 12.1. The van der Waals surface area contributed by atoms with Crippen molar-refractivity contribution in [3.8, 4) is 0 Å². The molecule has 13 heavy (non-hydrogen) atoms. The van der Waals surface area contributed by atoms with Gasteiger partial charge in [-0.2, -0.15) is 0 Å². The van der Waals surface area contributed by atoms with Crippen LogP contribution >= 0.6 is 23.2 Å². The van der Waals surface area contributed by atoms with E-state index in [0.717, 1.165) is 5.56 Å². The molecule has 2 nitrogen and oxygen atoms in total. The number of benzene rings is 1. The van der Waals surface area contributed by atoms with Crippen LogP contribution in [-0.2, 0) is 6.42 Å². The second-order valence-electron chi connectivity index (χ2n) is 2.91. The second kappa shape index (κ2) is 4.82. The molecule has 0 amide bonds. The van der Waals surface area contributed by atoms with Gasteiger partial charge in [0.05, 0.1) is 10.0 Å². The van der Waals surface area contributed by atoms with Gasteiger partial charge in [0.25, 0.3) is 0 Å². The summed E-state index contributed by atoms with van der Waals surface area (Å²) in [5, 5.41) is 1.14. The van der Waals surface area contributed by atoms with Crippen molar-refractivity contribution in [3.63, 3.8) is 0 Å². The van der Waals surface area contributed by atoms with Crippen molar-refractivity contribution in [2.45, 2.75) is 12.5 Å². The first-order valence-electron chi connectivity index (χ1n) is 4.03. The van der Waals surface area contributed by atoms with E-state index in [-0.39, 0.29) is 6.04 Å². The Morgan fingerprint density at radius 1 is 1.31 bits per heavy atom. The van der Waals surface area contributed by atoms with Crippen molar-refractivity contribution in [3.05, 3.63) is 33.8 Å². The molecule has 4 N–H and O–H groups in total. The van der Waals surface area contributed by atoms with Crippen LogP contribution in [0.2, 0.25) is 10.0 Å². The summed E-state index contributed by atoms with van der Waals surface area (Å²) in [4.78, 5) is 0. The van der Waals surface area contributed by atoms with Crippen LogP contribution in [0.1, 0.15) is 5.56 Å². The van der Waals surface area contributed by atoms with Crippen LogP contribution < -0.4 is 11.5 Å². The van der Waals surface area contributed by atoms with Crippen LogP contribution in [0.5, 0.6) is 0 Å². The van der Waals surface area contributed by atoms with Crippen LogP contribution in [0.15, 0.2) is 18.2 Å². The average Bonchev–Trinajstić information content (AvgIpc) is 2.13. The Kier molecular flexibility index (Phi) is 4.00. The molecule has 0 spiro atoms. The molecule has 4 heteroatoms. The maximum absolute atomic E-state index is 5.97. The lowest BCUT2D eigenvalue weighted by atomic mass is 10.1. The highest BCUT2D eigenvalue weighted by atomic mass is 35.5. The Morgan fingerprint density at radius 3 is 2.62 bits per heavy atom. The summed E-state index contributed by atoms with van der Waals surface area (Å²) in [6.45, 7) is 0.447. The predicted octanol–water partition coefficient (Wildman–Crippen LogP) is 1.82. The largest absolute Gasteiger partial charge is 0.329 e. The molecule has 1 unspecified atom stereocenters. The van der Waals surface area contributed by atoms with Gasteiger partial charge in [-0.25, -0.2) is 0 Å². The van der Waals surface area contributed by atoms with Crippen LogP contribution in [0.3, 0.4) is 0 Å². The third-order valence-corrected chi connectivity index (χ3v) is 2.67. The summed E-state index contributed by atoms with van der Waals surface area (Å²) in [5.74, 6) is 0. The van der Waals surface area contributed by atoms with Crippen molar-refractivity contribution in [1.29, 1.82) is 0 Å². The molecule has 1 atom stereocenters. The minimum atomic E-state index is -0.0593. The molecule has 1 aromatic carbocycles. The Morgan fingerprint density at radius 2 is 2.00 bits per heavy atom. The van der Waals surface area contributed by atoms with Crippen molar-refractivity contribution >= 4 is 23.2 Å². The zero-order valence-electron chi connectivity index (χ0n) is 7.13. The lowest BCUT2D eigenvalue weighted by molar-refractivity contribution is 0.679. The van der Waals surface area contributed by atoms with E-state index < -0.39 is 0 Å². The standard InChI is InChI=1S/C9H12Cl2N2/c10-8-3-1-2-6(9(8)11)4-7(13)5-12/h1-3,7H,4-5,12-13H2. The predicted molar refractivity (Wildman–Crippen MR) is 57.2 cm³/mol. The quantitative estimate of drug-likeness (QED) is 0.814. The first kappa shape index (κ1) is 10.8. The number of hydrogen-bond donors (Lipinski definition) is 2. The molecule has 0 aliphatic rings. The van der Waals surface area contributed by atoms with Crippen molar-refractivity contribution in [1.82, 2.24) is 0 Å². The van der Waals surface area contributed by atoms with Gasteiger partial charge in [0.2, 0.25) is 0 Å². The molecule has 0 saturated carbocycles. The SMILES string of the molecule is NCC(N)Cc1cccc(Cl)c1Cl. The normalized spacial score (nSPS) is 12.9. The molecule has 1 rings (SSSR count). The molecule has 0 heterocycles. The highest BCUT2D eigenvalue weighted by molar-refractivity contribution is 6.42. The minimum Gasteiger partial charge on any atom is -0.329 e. The fourth-order valence-electron chi connectivity index (χ4n) is 1.07. The third-order valence-electron chi connectivity index (χ3n) is 1.82. The van der Waals surface area contributed by atoms with Crippen LogP contribution in [0.4, 0.5) is 0 Å². The van der Waals surface area contributed by atoms with Crippen LogP contribution in [0.25, 0.3) is 0 Å². The molecule has 0 radical (unpaired) electrons. The van der Waals surface area contributed by atoms with Gasteiger partial charge < -0.3 is 11.5 Å². The Hall–Kier alpha value is -0.280. The van der Waals surface area contributed by atoms with E-state index in [1.807, 2.05) is 12.1 Å². The lowest BCUT2D eigenvalue weighted by Gasteiger charge is -2.10. The first-order chi connectivity index (χ1) is 6.15. The number of hydrogen-bond acceptors (Lipinski definition) is 2. The number of halogens is 2. The van der Waals surface area contributed by atoms with Gasteiger partial charge in [-0.15, -0.1) is 0 Å². The van der Waals surface area contributed by atoms with E-state index in [0.29, 0.717) is 23.0 Å². The highest BCUT2D eigenvalue weighted by Gasteiger charge is 2.07. The molecular formula is C9H12Cl2N2. The number of nitrogens with two attached hydrogens (primary N) is 2. The third kappa shape index (κ3) is 2.85. The lowest BCUT2D eigenvalue weighted by Crippen LogP contribution is -2.31. The molecule has 0 aliphatic heterocycles. The van der Waals surface area contributed by atoms with E-state index in [4.69, 9.17) is 34.7 Å². The zero-order valence-corrected chi connectivity index (χ0v) is 8.65. The summed E-state index contributed by atoms with van der Waals surface area (Å²) in [6.07, 6.45) is 0.663. The van der Waals surface area contributed by atoms with E-state index >= 15 is 0 Å². The van der Waals surface area contributed by atoms with Gasteiger partial charge in [-0.3, -0.25) is 0 Å². The smallest absolute Gasteiger partial charge is 0.0624 e. The van der Waals surface area contributed by atoms with Gasteiger partial charge in [0.15, 0.2) is 0 Å². The van der Waals surface area contributed by atoms with E-state index in [9.17, 15) is 0 Å². The minimum absolute atomic E-state index is 0.0593. The van der Waals surface area contributed by atoms with Crippen molar-refractivity contribution < 1.29 is 0 Å². The highest BCUT2D eigenvalue weighted by Crippen LogP contribution is 2.25. The maximum Gasteiger partial charge on any atom is 0.0624 e. The molecule has 0 aliphatic carbocycles.